The molecule has 1 aromatic carbocycles. The fourth-order valence-electron chi connectivity index (χ4n) is 8.72. The fourth-order valence-corrected chi connectivity index (χ4v) is 9.47. The number of halogens is 6. The van der Waals surface area contributed by atoms with E-state index in [1.165, 1.54) is 36.3 Å². The molecular weight excluding hydrogens is 572 g/mol. The van der Waals surface area contributed by atoms with E-state index in [9.17, 15) is 32.3 Å². The fraction of sp³-hybridized carbons (Fsp3) is 0.586. The highest BCUT2D eigenvalue weighted by Crippen LogP contribution is 2.73. The molecule has 1 aromatic rings. The molecule has 1 aliphatic heterocycles. The predicted molar refractivity (Wildman–Crippen MR) is 139 cm³/mol. The standard InChI is InChI=1S/C29H29F6NO4S/c1-25-8-7-18(37)10-21(25)22(31)11-20-19-9-16-13-36(17-5-3-15(4-6-17)29(33,34)35)40-28(16,24(39)41-14-30)26(19,2)12-23(38)27(20,25)32/h3-8,10,16,19-20,22-23,38H,9,11-14H2,1-2H3/t16-,19-,20-,22-,23-,25-,26-,27-,28-/m0/s1. The van der Waals surface area contributed by atoms with Crippen LogP contribution in [0.15, 0.2) is 48.1 Å². The van der Waals surface area contributed by atoms with Crippen molar-refractivity contribution in [2.75, 3.05) is 17.6 Å². The van der Waals surface area contributed by atoms with Crippen molar-refractivity contribution < 1.29 is 45.9 Å². The summed E-state index contributed by atoms with van der Waals surface area (Å²) in [5.74, 6) is -2.80. The third kappa shape index (κ3) is 3.65. The number of nitrogens with zero attached hydrogens (tertiary/aromatic N) is 1. The van der Waals surface area contributed by atoms with Crippen molar-refractivity contribution in [3.8, 4) is 0 Å². The monoisotopic (exact) mass is 601 g/mol. The molecule has 222 valence electrons. The number of aliphatic hydroxyl groups is 1. The molecule has 1 heterocycles. The lowest BCUT2D eigenvalue weighted by Crippen LogP contribution is -2.70. The van der Waals surface area contributed by atoms with E-state index in [2.05, 4.69) is 0 Å². The lowest BCUT2D eigenvalue weighted by Gasteiger charge is -2.63. The smallest absolute Gasteiger partial charge is 0.390 e. The van der Waals surface area contributed by atoms with Gasteiger partial charge in [-0.1, -0.05) is 24.8 Å². The molecule has 0 aromatic heterocycles. The second-order valence-corrected chi connectivity index (χ2v) is 13.1. The first-order valence-electron chi connectivity index (χ1n) is 13.5. The first-order valence-corrected chi connectivity index (χ1v) is 14.5. The highest BCUT2D eigenvalue weighted by molar-refractivity contribution is 8.13. The second-order valence-electron chi connectivity index (χ2n) is 12.3. The SMILES string of the molecule is C[C@]12C=CC(=O)C=C1[C@@H](F)C[C@H]1[C@@H]3C[C@H]4CN(c5ccc(C(F)(F)F)cc5)O[C@@]4(C(=O)SCF)[C@@]3(C)C[C@H](O)[C@@]12F. The summed E-state index contributed by atoms with van der Waals surface area (Å²) in [5, 5.41) is 12.2. The summed E-state index contributed by atoms with van der Waals surface area (Å²) in [6, 6.07) is 3.15. The number of hydrogen-bond donors (Lipinski definition) is 1. The molecule has 1 saturated heterocycles. The molecule has 1 N–H and O–H groups in total. The molecule has 5 aliphatic rings. The van der Waals surface area contributed by atoms with Gasteiger partial charge in [0.1, 0.15) is 12.2 Å². The molecule has 4 aliphatic carbocycles. The normalized spacial score (nSPS) is 43.2. The Kier molecular flexibility index (Phi) is 6.39. The average Bonchev–Trinajstić information content (AvgIpc) is 3.40. The van der Waals surface area contributed by atoms with Gasteiger partial charge in [0.15, 0.2) is 17.1 Å². The van der Waals surface area contributed by atoms with Gasteiger partial charge in [0, 0.05) is 22.7 Å². The molecule has 3 saturated carbocycles. The highest BCUT2D eigenvalue weighted by atomic mass is 32.2. The van der Waals surface area contributed by atoms with E-state index in [1.807, 2.05) is 0 Å². The van der Waals surface area contributed by atoms with Gasteiger partial charge in [-0.2, -0.15) is 13.2 Å². The lowest BCUT2D eigenvalue weighted by molar-refractivity contribution is -0.225. The molecule has 4 fully saturated rings. The zero-order valence-corrected chi connectivity index (χ0v) is 23.1. The van der Waals surface area contributed by atoms with Gasteiger partial charge in [-0.05, 0) is 74.1 Å². The van der Waals surface area contributed by atoms with Gasteiger partial charge in [0.25, 0.3) is 0 Å². The number of fused-ring (bicyclic) bond motifs is 7. The molecule has 0 unspecified atom stereocenters. The number of carbonyl (C=O) groups is 2. The van der Waals surface area contributed by atoms with Crippen LogP contribution in [0.3, 0.4) is 0 Å². The zero-order valence-electron chi connectivity index (χ0n) is 22.3. The number of carbonyl (C=O) groups excluding carboxylic acids is 2. The van der Waals surface area contributed by atoms with E-state index in [0.29, 0.717) is 11.8 Å². The summed E-state index contributed by atoms with van der Waals surface area (Å²) in [4.78, 5) is 32.1. The number of anilines is 1. The first kappa shape index (κ1) is 28.8. The number of aliphatic hydroxyl groups excluding tert-OH is 1. The van der Waals surface area contributed by atoms with Crippen LogP contribution < -0.4 is 5.06 Å². The number of hydroxylamine groups is 1. The summed E-state index contributed by atoms with van der Waals surface area (Å²) < 4.78 is 86.1. The van der Waals surface area contributed by atoms with Crippen molar-refractivity contribution in [3.05, 3.63) is 53.6 Å². The summed E-state index contributed by atoms with van der Waals surface area (Å²) in [6.07, 6.45) is -4.67. The Morgan fingerprint density at radius 1 is 1.17 bits per heavy atom. The summed E-state index contributed by atoms with van der Waals surface area (Å²) in [7, 11) is 0. The minimum atomic E-state index is -4.55. The number of ketones is 1. The highest BCUT2D eigenvalue weighted by Gasteiger charge is 2.79. The minimum Gasteiger partial charge on any atom is -0.390 e. The van der Waals surface area contributed by atoms with Crippen LogP contribution in [0.4, 0.5) is 32.0 Å². The molecular formula is C29H29F6NO4S. The van der Waals surface area contributed by atoms with Crippen LogP contribution in [0.2, 0.25) is 0 Å². The van der Waals surface area contributed by atoms with Crippen molar-refractivity contribution >= 4 is 28.3 Å². The number of thioether (sulfide) groups is 1. The first-order chi connectivity index (χ1) is 19.1. The van der Waals surface area contributed by atoms with Gasteiger partial charge >= 0.3 is 6.18 Å². The average molecular weight is 602 g/mol. The van der Waals surface area contributed by atoms with Crippen LogP contribution in [0.1, 0.15) is 38.7 Å². The largest absolute Gasteiger partial charge is 0.416 e. The Hall–Kier alpha value is -2.31. The van der Waals surface area contributed by atoms with Gasteiger partial charge in [-0.25, -0.2) is 13.2 Å². The Morgan fingerprint density at radius 3 is 2.49 bits per heavy atom. The van der Waals surface area contributed by atoms with Crippen molar-refractivity contribution in [3.63, 3.8) is 0 Å². The van der Waals surface area contributed by atoms with E-state index in [-0.39, 0.29) is 37.1 Å². The van der Waals surface area contributed by atoms with Crippen LogP contribution in [-0.2, 0) is 20.6 Å². The maximum Gasteiger partial charge on any atom is 0.416 e. The Balaban J connectivity index is 1.41. The Bertz CT molecular complexity index is 1350. The maximum atomic E-state index is 17.5. The number of allylic oxidation sites excluding steroid dienone is 4. The number of alkyl halides is 6. The van der Waals surface area contributed by atoms with Gasteiger partial charge < -0.3 is 5.11 Å². The Labute approximate surface area is 236 Å². The molecule has 5 nitrogen and oxygen atoms in total. The number of hydrogen-bond acceptors (Lipinski definition) is 6. The predicted octanol–water partition coefficient (Wildman–Crippen LogP) is 5.93. The number of benzene rings is 1. The second kappa shape index (κ2) is 9.09. The van der Waals surface area contributed by atoms with E-state index < -0.39 is 80.8 Å². The van der Waals surface area contributed by atoms with E-state index in [1.54, 1.807) is 6.92 Å². The zero-order chi connectivity index (χ0) is 29.8. The maximum absolute atomic E-state index is 17.5. The summed E-state index contributed by atoms with van der Waals surface area (Å²) in [6.45, 7) is 3.20. The van der Waals surface area contributed by atoms with Crippen LogP contribution >= 0.6 is 11.8 Å². The lowest BCUT2D eigenvalue weighted by atomic mass is 9.44. The molecule has 0 amide bonds. The van der Waals surface area contributed by atoms with Gasteiger partial charge in [-0.15, -0.1) is 0 Å². The molecule has 9 atom stereocenters. The minimum absolute atomic E-state index is 0.0203. The van der Waals surface area contributed by atoms with E-state index in [4.69, 9.17) is 4.84 Å². The van der Waals surface area contributed by atoms with Crippen LogP contribution in [0.5, 0.6) is 0 Å². The van der Waals surface area contributed by atoms with E-state index >= 15 is 8.78 Å². The van der Waals surface area contributed by atoms with Gasteiger partial charge in [-0.3, -0.25) is 19.5 Å². The van der Waals surface area contributed by atoms with Crippen molar-refractivity contribution in [1.29, 1.82) is 0 Å². The Morgan fingerprint density at radius 2 is 1.85 bits per heavy atom. The van der Waals surface area contributed by atoms with Crippen molar-refractivity contribution in [1.82, 2.24) is 0 Å². The van der Waals surface area contributed by atoms with Crippen LogP contribution in [0.25, 0.3) is 0 Å². The molecule has 0 bridgehead atoms. The third-order valence-corrected chi connectivity index (χ3v) is 11.3. The summed E-state index contributed by atoms with van der Waals surface area (Å²) >= 11 is 0.388. The van der Waals surface area contributed by atoms with Crippen molar-refractivity contribution in [2.45, 2.75) is 62.8 Å². The quantitative estimate of drug-likeness (QED) is 0.434. The molecule has 0 radical (unpaired) electrons. The van der Waals surface area contributed by atoms with Crippen LogP contribution in [-0.4, -0.2) is 52.1 Å². The van der Waals surface area contributed by atoms with Gasteiger partial charge in [0.2, 0.25) is 5.12 Å². The number of rotatable bonds is 3. The van der Waals surface area contributed by atoms with Crippen LogP contribution in [0, 0.1) is 28.6 Å². The van der Waals surface area contributed by atoms with E-state index in [0.717, 1.165) is 18.2 Å². The van der Waals surface area contributed by atoms with Crippen molar-refractivity contribution in [2.24, 2.45) is 28.6 Å². The summed E-state index contributed by atoms with van der Waals surface area (Å²) in [5.41, 5.74) is -7.58. The topological polar surface area (TPSA) is 66.8 Å². The molecule has 12 heteroatoms. The molecule has 41 heavy (non-hydrogen) atoms. The third-order valence-electron chi connectivity index (χ3n) is 10.6. The molecule has 6 rings (SSSR count). The molecule has 0 spiro atoms. The van der Waals surface area contributed by atoms with Gasteiger partial charge in [0.05, 0.1) is 23.9 Å².